The number of hydrogen-bond acceptors (Lipinski definition) is 4. The van der Waals surface area contributed by atoms with Crippen molar-refractivity contribution in [1.82, 2.24) is 4.98 Å². The van der Waals surface area contributed by atoms with Gasteiger partial charge < -0.3 is 15.4 Å². The van der Waals surface area contributed by atoms with Crippen molar-refractivity contribution in [2.45, 2.75) is 13.8 Å². The third-order valence-corrected chi connectivity index (χ3v) is 3.28. The highest BCUT2D eigenvalue weighted by Crippen LogP contribution is 2.31. The smallest absolute Gasteiger partial charge is 0.151 e. The second-order valence-corrected chi connectivity index (χ2v) is 5.08. The SMILES string of the molecule is CCNc1nc(Nc2ccc(OCC)cc2)c(Cl)cc1Cl. The van der Waals surface area contributed by atoms with E-state index in [1.54, 1.807) is 6.07 Å². The standard InChI is InChI=1S/C15H17Cl2N3O/c1-3-18-14-12(16)9-13(17)15(20-14)19-10-5-7-11(8-6-10)21-4-2/h5-9H,3-4H2,1-2H3,(H2,18,19,20). The van der Waals surface area contributed by atoms with Gasteiger partial charge in [-0.05, 0) is 44.2 Å². The summed E-state index contributed by atoms with van der Waals surface area (Å²) in [4.78, 5) is 4.40. The molecule has 0 saturated heterocycles. The van der Waals surface area contributed by atoms with Crippen molar-refractivity contribution < 1.29 is 4.74 Å². The maximum atomic E-state index is 6.17. The fraction of sp³-hybridized carbons (Fsp3) is 0.267. The van der Waals surface area contributed by atoms with E-state index in [0.717, 1.165) is 18.0 Å². The van der Waals surface area contributed by atoms with E-state index in [1.165, 1.54) is 0 Å². The zero-order chi connectivity index (χ0) is 15.2. The monoisotopic (exact) mass is 325 g/mol. The van der Waals surface area contributed by atoms with Crippen LogP contribution in [0.3, 0.4) is 0 Å². The minimum atomic E-state index is 0.468. The third kappa shape index (κ3) is 4.16. The van der Waals surface area contributed by atoms with E-state index < -0.39 is 0 Å². The number of aromatic nitrogens is 1. The molecule has 0 spiro atoms. The first-order valence-corrected chi connectivity index (χ1v) is 7.49. The molecule has 112 valence electrons. The van der Waals surface area contributed by atoms with Gasteiger partial charge in [0.2, 0.25) is 0 Å². The summed E-state index contributed by atoms with van der Waals surface area (Å²) < 4.78 is 5.40. The fourth-order valence-corrected chi connectivity index (χ4v) is 2.26. The molecule has 2 N–H and O–H groups in total. The lowest BCUT2D eigenvalue weighted by Gasteiger charge is -2.12. The third-order valence-electron chi connectivity index (χ3n) is 2.70. The molecular weight excluding hydrogens is 309 g/mol. The van der Waals surface area contributed by atoms with Crippen LogP contribution in [-0.2, 0) is 0 Å². The zero-order valence-electron chi connectivity index (χ0n) is 11.9. The van der Waals surface area contributed by atoms with E-state index in [1.807, 2.05) is 38.1 Å². The van der Waals surface area contributed by atoms with E-state index in [0.29, 0.717) is 28.3 Å². The first-order chi connectivity index (χ1) is 10.1. The molecule has 0 bridgehead atoms. The van der Waals surface area contributed by atoms with Crippen LogP contribution >= 0.6 is 23.2 Å². The number of benzene rings is 1. The Hall–Kier alpha value is -1.65. The summed E-state index contributed by atoms with van der Waals surface area (Å²) >= 11 is 12.3. The first-order valence-electron chi connectivity index (χ1n) is 6.73. The Bertz CT molecular complexity index is 603. The second kappa shape index (κ2) is 7.38. The molecule has 0 fully saturated rings. The topological polar surface area (TPSA) is 46.2 Å². The molecule has 1 aromatic heterocycles. The number of halogens is 2. The zero-order valence-corrected chi connectivity index (χ0v) is 13.4. The largest absolute Gasteiger partial charge is 0.494 e. The van der Waals surface area contributed by atoms with E-state index in [2.05, 4.69) is 15.6 Å². The summed E-state index contributed by atoms with van der Waals surface area (Å²) in [6, 6.07) is 9.27. The lowest BCUT2D eigenvalue weighted by Crippen LogP contribution is -2.03. The molecule has 6 heteroatoms. The summed E-state index contributed by atoms with van der Waals surface area (Å²) in [5.74, 6) is 1.99. The van der Waals surface area contributed by atoms with Crippen LogP contribution in [0.25, 0.3) is 0 Å². The Morgan fingerprint density at radius 3 is 2.33 bits per heavy atom. The Morgan fingerprint density at radius 1 is 1.05 bits per heavy atom. The summed E-state index contributed by atoms with van der Waals surface area (Å²) in [5.41, 5.74) is 0.873. The van der Waals surface area contributed by atoms with Gasteiger partial charge in [0.15, 0.2) is 5.82 Å². The van der Waals surface area contributed by atoms with Gasteiger partial charge in [-0.15, -0.1) is 0 Å². The van der Waals surface area contributed by atoms with E-state index in [4.69, 9.17) is 27.9 Å². The van der Waals surface area contributed by atoms with Crippen LogP contribution in [0.5, 0.6) is 5.75 Å². The molecule has 0 atom stereocenters. The number of anilines is 3. The molecule has 0 amide bonds. The van der Waals surface area contributed by atoms with Crippen molar-refractivity contribution in [1.29, 1.82) is 0 Å². The van der Waals surface area contributed by atoms with Gasteiger partial charge in [0.05, 0.1) is 16.7 Å². The summed E-state index contributed by atoms with van der Waals surface area (Å²) in [5, 5.41) is 7.23. The normalized spacial score (nSPS) is 10.3. The summed E-state index contributed by atoms with van der Waals surface area (Å²) in [6.45, 7) is 5.30. The van der Waals surface area contributed by atoms with Crippen LogP contribution in [0.2, 0.25) is 10.0 Å². The fourth-order valence-electron chi connectivity index (χ4n) is 1.78. The molecule has 0 aliphatic carbocycles. The average molecular weight is 326 g/mol. The maximum Gasteiger partial charge on any atom is 0.151 e. The number of pyridine rings is 1. The lowest BCUT2D eigenvalue weighted by atomic mass is 10.3. The molecule has 1 aromatic carbocycles. The number of rotatable bonds is 6. The first kappa shape index (κ1) is 15.7. The number of nitrogens with one attached hydrogen (secondary N) is 2. The summed E-state index contributed by atoms with van der Waals surface area (Å²) in [7, 11) is 0. The van der Waals surface area contributed by atoms with Gasteiger partial charge in [0.25, 0.3) is 0 Å². The van der Waals surface area contributed by atoms with Crippen LogP contribution < -0.4 is 15.4 Å². The van der Waals surface area contributed by atoms with Crippen molar-refractivity contribution in [2.24, 2.45) is 0 Å². The quantitative estimate of drug-likeness (QED) is 0.787. The highest BCUT2D eigenvalue weighted by molar-refractivity contribution is 6.37. The van der Waals surface area contributed by atoms with Crippen molar-refractivity contribution in [2.75, 3.05) is 23.8 Å². The van der Waals surface area contributed by atoms with E-state index in [9.17, 15) is 0 Å². The van der Waals surface area contributed by atoms with E-state index in [-0.39, 0.29) is 0 Å². The predicted octanol–water partition coefficient (Wildman–Crippen LogP) is 4.96. The van der Waals surface area contributed by atoms with Crippen molar-refractivity contribution in [3.63, 3.8) is 0 Å². The Balaban J connectivity index is 2.20. The second-order valence-electron chi connectivity index (χ2n) is 4.26. The Labute approximate surface area is 134 Å². The van der Waals surface area contributed by atoms with Crippen molar-refractivity contribution >= 4 is 40.5 Å². The van der Waals surface area contributed by atoms with Crippen molar-refractivity contribution in [3.05, 3.63) is 40.4 Å². The molecule has 0 unspecified atom stereocenters. The maximum absolute atomic E-state index is 6.17. The Kier molecular flexibility index (Phi) is 5.53. The van der Waals surface area contributed by atoms with Gasteiger partial charge in [0, 0.05) is 12.2 Å². The number of ether oxygens (including phenoxy) is 1. The van der Waals surface area contributed by atoms with Gasteiger partial charge in [-0.25, -0.2) is 4.98 Å². The highest BCUT2D eigenvalue weighted by Gasteiger charge is 2.09. The van der Waals surface area contributed by atoms with Gasteiger partial charge >= 0.3 is 0 Å². The van der Waals surface area contributed by atoms with Gasteiger partial charge in [-0.1, -0.05) is 23.2 Å². The highest BCUT2D eigenvalue weighted by atomic mass is 35.5. The number of nitrogens with zero attached hydrogens (tertiary/aromatic N) is 1. The molecule has 21 heavy (non-hydrogen) atoms. The molecule has 0 saturated carbocycles. The van der Waals surface area contributed by atoms with Crippen LogP contribution in [0.1, 0.15) is 13.8 Å². The minimum Gasteiger partial charge on any atom is -0.494 e. The van der Waals surface area contributed by atoms with Crippen molar-refractivity contribution in [3.8, 4) is 5.75 Å². The molecule has 0 radical (unpaired) electrons. The number of hydrogen-bond donors (Lipinski definition) is 2. The summed E-state index contributed by atoms with van der Waals surface area (Å²) in [6.07, 6.45) is 0. The lowest BCUT2D eigenvalue weighted by molar-refractivity contribution is 0.340. The minimum absolute atomic E-state index is 0.468. The van der Waals surface area contributed by atoms with Gasteiger partial charge in [-0.2, -0.15) is 0 Å². The molecule has 0 aliphatic rings. The van der Waals surface area contributed by atoms with Crippen LogP contribution in [-0.4, -0.2) is 18.1 Å². The van der Waals surface area contributed by atoms with Crippen LogP contribution in [0.15, 0.2) is 30.3 Å². The van der Waals surface area contributed by atoms with Gasteiger partial charge in [-0.3, -0.25) is 0 Å². The van der Waals surface area contributed by atoms with Crippen LogP contribution in [0, 0.1) is 0 Å². The average Bonchev–Trinajstić information content (AvgIpc) is 2.46. The van der Waals surface area contributed by atoms with Crippen LogP contribution in [0.4, 0.5) is 17.3 Å². The van der Waals surface area contributed by atoms with E-state index >= 15 is 0 Å². The van der Waals surface area contributed by atoms with Gasteiger partial charge in [0.1, 0.15) is 11.6 Å². The molecule has 0 aliphatic heterocycles. The molecule has 2 rings (SSSR count). The Morgan fingerprint density at radius 2 is 1.71 bits per heavy atom. The molecule has 4 nitrogen and oxygen atoms in total. The predicted molar refractivity (Wildman–Crippen MR) is 89.3 cm³/mol. The molecular formula is C15H17Cl2N3O. The molecule has 2 aromatic rings. The molecule has 1 heterocycles.